The van der Waals surface area contributed by atoms with Crippen LogP contribution in [0, 0.1) is 0 Å². The Labute approximate surface area is 59.4 Å². The van der Waals surface area contributed by atoms with Gasteiger partial charge in [0.2, 0.25) is 0 Å². The second-order valence-corrected chi connectivity index (χ2v) is 1.67. The molecule has 0 fully saturated rings. The van der Waals surface area contributed by atoms with E-state index in [0.29, 0.717) is 5.75 Å². The maximum absolute atomic E-state index is 10.3. The Morgan fingerprint density at radius 1 is 1.60 bits per heavy atom. The molecule has 52 valence electrons. The molecule has 10 heavy (non-hydrogen) atoms. The standard InChI is InChI=1S/C6H6N2O2/c1-5(9)10-6-2-7-4-8-3-6/h2-4H,1H3/p+1. The van der Waals surface area contributed by atoms with Crippen molar-refractivity contribution in [1.82, 2.24) is 9.97 Å². The maximum Gasteiger partial charge on any atom is 1.00 e. The molecule has 1 aromatic heterocycles. The lowest BCUT2D eigenvalue weighted by atomic mass is 10.6. The van der Waals surface area contributed by atoms with Crippen LogP contribution in [0.4, 0.5) is 0 Å². The molecule has 0 saturated heterocycles. The van der Waals surface area contributed by atoms with Gasteiger partial charge in [0.1, 0.15) is 6.33 Å². The van der Waals surface area contributed by atoms with Crippen molar-refractivity contribution >= 4 is 5.97 Å². The molecule has 0 spiro atoms. The molecule has 0 unspecified atom stereocenters. The predicted octanol–water partition coefficient (Wildman–Crippen LogP) is 0.514. The van der Waals surface area contributed by atoms with E-state index in [-0.39, 0.29) is 7.40 Å². The van der Waals surface area contributed by atoms with Gasteiger partial charge in [-0.2, -0.15) is 0 Å². The molecule has 0 aliphatic carbocycles. The quantitative estimate of drug-likeness (QED) is 0.532. The zero-order chi connectivity index (χ0) is 7.40. The van der Waals surface area contributed by atoms with Gasteiger partial charge in [0.25, 0.3) is 0 Å². The van der Waals surface area contributed by atoms with Crippen molar-refractivity contribution in [2.45, 2.75) is 6.92 Å². The Hall–Kier alpha value is -1.45. The maximum atomic E-state index is 10.3. The van der Waals surface area contributed by atoms with Gasteiger partial charge in [0.15, 0.2) is 5.75 Å². The highest BCUT2D eigenvalue weighted by Crippen LogP contribution is 2.02. The fraction of sp³-hybridized carbons (Fsp3) is 0.167. The summed E-state index contributed by atoms with van der Waals surface area (Å²) in [6, 6.07) is 0. The molecule has 0 amide bonds. The molecule has 0 saturated carbocycles. The topological polar surface area (TPSA) is 52.1 Å². The molecule has 1 aromatic rings. The molecule has 1 heterocycles. The Morgan fingerprint density at radius 2 is 2.20 bits per heavy atom. The number of rotatable bonds is 1. The Balaban J connectivity index is 0.000001000. The zero-order valence-corrected chi connectivity index (χ0v) is 5.44. The van der Waals surface area contributed by atoms with E-state index in [1.165, 1.54) is 25.6 Å². The van der Waals surface area contributed by atoms with Crippen LogP contribution in [0.5, 0.6) is 5.75 Å². The fourth-order valence-corrected chi connectivity index (χ4v) is 0.504. The Morgan fingerprint density at radius 3 is 2.70 bits per heavy atom. The van der Waals surface area contributed by atoms with Gasteiger partial charge in [-0.25, -0.2) is 9.97 Å². The molecule has 4 heteroatoms. The summed E-state index contributed by atoms with van der Waals surface area (Å²) in [5.41, 5.74) is 0. The van der Waals surface area contributed by atoms with Crippen LogP contribution in [0.1, 0.15) is 8.35 Å². The second-order valence-electron chi connectivity index (χ2n) is 1.67. The van der Waals surface area contributed by atoms with Crippen molar-refractivity contribution in [3.63, 3.8) is 0 Å². The second kappa shape index (κ2) is 2.91. The number of aromatic nitrogens is 2. The van der Waals surface area contributed by atoms with E-state index in [0.717, 1.165) is 0 Å². The monoisotopic (exact) mass is 139 g/mol. The number of carbonyl (C=O) groups excluding carboxylic acids is 1. The lowest BCUT2D eigenvalue weighted by Gasteiger charge is -1.95. The summed E-state index contributed by atoms with van der Waals surface area (Å²) in [7, 11) is 0. The summed E-state index contributed by atoms with van der Waals surface area (Å²) in [4.78, 5) is 17.6. The van der Waals surface area contributed by atoms with Crippen molar-refractivity contribution in [3.8, 4) is 5.75 Å². The lowest BCUT2D eigenvalue weighted by molar-refractivity contribution is -0.131. The van der Waals surface area contributed by atoms with E-state index in [1.54, 1.807) is 0 Å². The molecule has 4 nitrogen and oxygen atoms in total. The molecular formula is C6H7N2O2+. The Kier molecular flexibility index (Phi) is 1.94. The first-order chi connectivity index (χ1) is 4.79. The minimum absolute atomic E-state index is 0. The van der Waals surface area contributed by atoms with E-state index in [1.807, 2.05) is 0 Å². The number of esters is 1. The third kappa shape index (κ3) is 1.81. The SMILES string of the molecule is CC(=O)Oc1cncnc1.[H+]. The molecule has 0 aliphatic heterocycles. The van der Waals surface area contributed by atoms with Gasteiger partial charge in [0, 0.05) is 6.92 Å². The van der Waals surface area contributed by atoms with Crippen LogP contribution in [0.25, 0.3) is 0 Å². The van der Waals surface area contributed by atoms with E-state index >= 15 is 0 Å². The summed E-state index contributed by atoms with van der Waals surface area (Å²) in [5.74, 6) is 0.00444. The number of ether oxygens (including phenoxy) is 1. The normalized spacial score (nSPS) is 8.90. The van der Waals surface area contributed by atoms with Crippen LogP contribution in [0.15, 0.2) is 18.7 Å². The first kappa shape index (κ1) is 6.67. The molecular weight excluding hydrogens is 132 g/mol. The average Bonchev–Trinajstić information content (AvgIpc) is 1.88. The number of nitrogens with zero attached hydrogens (tertiary/aromatic N) is 2. The van der Waals surface area contributed by atoms with Crippen molar-refractivity contribution in [2.75, 3.05) is 0 Å². The van der Waals surface area contributed by atoms with E-state index in [2.05, 4.69) is 14.7 Å². The molecule has 0 aromatic carbocycles. The third-order valence-corrected chi connectivity index (χ3v) is 0.798. The molecule has 0 radical (unpaired) electrons. The minimum atomic E-state index is -0.366. The zero-order valence-electron chi connectivity index (χ0n) is 6.44. The summed E-state index contributed by atoms with van der Waals surface area (Å²) < 4.78 is 4.65. The fourth-order valence-electron chi connectivity index (χ4n) is 0.504. The first-order valence-corrected chi connectivity index (χ1v) is 2.72. The summed E-state index contributed by atoms with van der Waals surface area (Å²) >= 11 is 0. The average molecular weight is 139 g/mol. The van der Waals surface area contributed by atoms with Gasteiger partial charge in [-0.15, -0.1) is 0 Å². The van der Waals surface area contributed by atoms with Gasteiger partial charge in [-0.3, -0.25) is 4.79 Å². The highest BCUT2D eigenvalue weighted by Gasteiger charge is 1.94. The molecule has 0 N–H and O–H groups in total. The van der Waals surface area contributed by atoms with E-state index in [9.17, 15) is 4.79 Å². The number of hydrogen-bond acceptors (Lipinski definition) is 4. The van der Waals surface area contributed by atoms with Gasteiger partial charge in [0.05, 0.1) is 12.4 Å². The van der Waals surface area contributed by atoms with Crippen molar-refractivity contribution in [3.05, 3.63) is 18.7 Å². The van der Waals surface area contributed by atoms with Gasteiger partial charge < -0.3 is 4.74 Å². The summed E-state index contributed by atoms with van der Waals surface area (Å²) in [6.07, 6.45) is 4.22. The summed E-state index contributed by atoms with van der Waals surface area (Å²) in [5, 5.41) is 0. The molecule has 0 bridgehead atoms. The third-order valence-electron chi connectivity index (χ3n) is 0.798. The van der Waals surface area contributed by atoms with Crippen LogP contribution in [-0.4, -0.2) is 15.9 Å². The van der Waals surface area contributed by atoms with E-state index < -0.39 is 0 Å². The highest BCUT2D eigenvalue weighted by atomic mass is 16.5. The van der Waals surface area contributed by atoms with Crippen LogP contribution in [-0.2, 0) is 4.79 Å². The van der Waals surface area contributed by atoms with Crippen LogP contribution < -0.4 is 4.74 Å². The van der Waals surface area contributed by atoms with Crippen LogP contribution in [0.2, 0.25) is 0 Å². The molecule has 0 atom stereocenters. The number of carbonyl (C=O) groups is 1. The van der Waals surface area contributed by atoms with Gasteiger partial charge in [-0.1, -0.05) is 0 Å². The van der Waals surface area contributed by atoms with Crippen molar-refractivity contribution in [2.24, 2.45) is 0 Å². The largest absolute Gasteiger partial charge is 1.00 e. The minimum Gasteiger partial charge on any atom is -0.423 e. The number of hydrogen-bond donors (Lipinski definition) is 0. The molecule has 1 rings (SSSR count). The predicted molar refractivity (Wildman–Crippen MR) is 34.5 cm³/mol. The van der Waals surface area contributed by atoms with Crippen molar-refractivity contribution in [1.29, 1.82) is 0 Å². The highest BCUT2D eigenvalue weighted by molar-refractivity contribution is 5.68. The van der Waals surface area contributed by atoms with Crippen LogP contribution in [0.3, 0.4) is 0 Å². The van der Waals surface area contributed by atoms with Gasteiger partial charge >= 0.3 is 7.40 Å². The smallest absolute Gasteiger partial charge is 0.423 e. The summed E-state index contributed by atoms with van der Waals surface area (Å²) in [6.45, 7) is 1.33. The van der Waals surface area contributed by atoms with Crippen molar-refractivity contribution < 1.29 is 11.0 Å². The first-order valence-electron chi connectivity index (χ1n) is 2.72. The molecule has 0 aliphatic rings. The van der Waals surface area contributed by atoms with Gasteiger partial charge in [-0.05, 0) is 0 Å². The van der Waals surface area contributed by atoms with E-state index in [4.69, 9.17) is 0 Å². The Bertz CT molecular complexity index is 227. The van der Waals surface area contributed by atoms with Crippen LogP contribution >= 0.6 is 0 Å². The lowest BCUT2D eigenvalue weighted by Crippen LogP contribution is -2.01.